The van der Waals surface area contributed by atoms with Crippen molar-refractivity contribution in [2.75, 3.05) is 0 Å². The summed E-state index contributed by atoms with van der Waals surface area (Å²) in [4.78, 5) is 0. The molecule has 0 aliphatic heterocycles. The minimum atomic E-state index is 0.498. The second-order valence-electron chi connectivity index (χ2n) is 7.36. The Balaban J connectivity index is 2.00. The molecule has 0 saturated heterocycles. The molecule has 0 fully saturated rings. The molecule has 0 heteroatoms. The maximum atomic E-state index is 4.10. The first kappa shape index (κ1) is 17.5. The summed E-state index contributed by atoms with van der Waals surface area (Å²) in [6.45, 7) is 13.0. The van der Waals surface area contributed by atoms with E-state index in [0.717, 1.165) is 12.8 Å². The Morgan fingerprint density at radius 2 is 1.68 bits per heavy atom. The zero-order chi connectivity index (χ0) is 18.0. The maximum absolute atomic E-state index is 4.10. The highest BCUT2D eigenvalue weighted by Crippen LogP contribution is 2.41. The van der Waals surface area contributed by atoms with Crippen molar-refractivity contribution in [2.45, 2.75) is 46.5 Å². The normalized spacial score (nSPS) is 17.4. The van der Waals surface area contributed by atoms with Gasteiger partial charge in [0.1, 0.15) is 0 Å². The molecule has 0 heterocycles. The van der Waals surface area contributed by atoms with Gasteiger partial charge in [-0.1, -0.05) is 72.3 Å². The Labute approximate surface area is 152 Å². The molecule has 25 heavy (non-hydrogen) atoms. The van der Waals surface area contributed by atoms with Crippen molar-refractivity contribution in [1.29, 1.82) is 0 Å². The van der Waals surface area contributed by atoms with Gasteiger partial charge in [-0.15, -0.1) is 0 Å². The first-order valence-corrected chi connectivity index (χ1v) is 9.15. The van der Waals surface area contributed by atoms with Crippen LogP contribution in [0.1, 0.15) is 55.4 Å². The van der Waals surface area contributed by atoms with Crippen molar-refractivity contribution >= 4 is 5.57 Å². The Morgan fingerprint density at radius 3 is 2.40 bits per heavy atom. The number of hydrogen-bond donors (Lipinski definition) is 0. The third-order valence-electron chi connectivity index (χ3n) is 5.44. The number of rotatable bonds is 4. The summed E-state index contributed by atoms with van der Waals surface area (Å²) < 4.78 is 0. The predicted octanol–water partition coefficient (Wildman–Crippen LogP) is 7.02. The topological polar surface area (TPSA) is 0 Å². The molecule has 0 spiro atoms. The first-order valence-electron chi connectivity index (χ1n) is 9.15. The van der Waals surface area contributed by atoms with Crippen LogP contribution >= 0.6 is 0 Å². The molecule has 2 aromatic carbocycles. The van der Waals surface area contributed by atoms with Crippen molar-refractivity contribution in [3.8, 4) is 0 Å². The minimum absolute atomic E-state index is 0.498. The van der Waals surface area contributed by atoms with Crippen LogP contribution in [0, 0.1) is 6.92 Å². The zero-order valence-electron chi connectivity index (χ0n) is 15.9. The van der Waals surface area contributed by atoms with Crippen LogP contribution in [-0.2, 0) is 6.42 Å². The fraction of sp³-hybridized carbons (Fsp3) is 0.280. The highest BCUT2D eigenvalue weighted by molar-refractivity contribution is 5.82. The molecule has 1 aliphatic rings. The van der Waals surface area contributed by atoms with Gasteiger partial charge in [-0.25, -0.2) is 0 Å². The van der Waals surface area contributed by atoms with Gasteiger partial charge in [0.15, 0.2) is 0 Å². The van der Waals surface area contributed by atoms with Crippen LogP contribution in [0.2, 0.25) is 0 Å². The van der Waals surface area contributed by atoms with E-state index < -0.39 is 0 Å². The van der Waals surface area contributed by atoms with Crippen LogP contribution in [0.15, 0.2) is 77.9 Å². The molecular formula is C25H28. The second kappa shape index (κ2) is 7.27. The summed E-state index contributed by atoms with van der Waals surface area (Å²) in [7, 11) is 0. The van der Waals surface area contributed by atoms with Crippen molar-refractivity contribution in [2.24, 2.45) is 0 Å². The lowest BCUT2D eigenvalue weighted by atomic mass is 9.77. The molecule has 3 rings (SSSR count). The SMILES string of the molecule is C=C(C)Cc1ccccc1C1=CCC(c2ccccc2C)C(C)=C1C. The Hall–Kier alpha value is -2.34. The molecule has 2 aromatic rings. The molecule has 1 atom stereocenters. The molecule has 1 aliphatic carbocycles. The van der Waals surface area contributed by atoms with Crippen molar-refractivity contribution in [3.05, 3.63) is 100 Å². The van der Waals surface area contributed by atoms with Crippen LogP contribution in [0.25, 0.3) is 5.57 Å². The fourth-order valence-electron chi connectivity index (χ4n) is 3.95. The van der Waals surface area contributed by atoms with E-state index in [2.05, 4.69) is 88.9 Å². The van der Waals surface area contributed by atoms with E-state index in [9.17, 15) is 0 Å². The monoisotopic (exact) mass is 328 g/mol. The molecule has 0 bridgehead atoms. The summed E-state index contributed by atoms with van der Waals surface area (Å²) in [6.07, 6.45) is 4.46. The third kappa shape index (κ3) is 3.54. The first-order chi connectivity index (χ1) is 12.0. The molecule has 0 saturated carbocycles. The summed E-state index contributed by atoms with van der Waals surface area (Å²) in [5.74, 6) is 0.498. The van der Waals surface area contributed by atoms with E-state index in [0.29, 0.717) is 5.92 Å². The quantitative estimate of drug-likeness (QED) is 0.529. The predicted molar refractivity (Wildman–Crippen MR) is 110 cm³/mol. The van der Waals surface area contributed by atoms with Crippen LogP contribution in [0.3, 0.4) is 0 Å². The van der Waals surface area contributed by atoms with E-state index in [1.807, 2.05) is 0 Å². The smallest absolute Gasteiger partial charge is 0.00887 e. The van der Waals surface area contributed by atoms with Gasteiger partial charge in [-0.3, -0.25) is 0 Å². The van der Waals surface area contributed by atoms with E-state index in [-0.39, 0.29) is 0 Å². The van der Waals surface area contributed by atoms with Gasteiger partial charge in [0.05, 0.1) is 0 Å². The third-order valence-corrected chi connectivity index (χ3v) is 5.44. The van der Waals surface area contributed by atoms with E-state index >= 15 is 0 Å². The van der Waals surface area contributed by atoms with Crippen LogP contribution < -0.4 is 0 Å². The summed E-state index contributed by atoms with van der Waals surface area (Å²) in [5, 5.41) is 0. The molecule has 0 nitrogen and oxygen atoms in total. The Bertz CT molecular complexity index is 861. The van der Waals surface area contributed by atoms with Crippen molar-refractivity contribution in [1.82, 2.24) is 0 Å². The van der Waals surface area contributed by atoms with Gasteiger partial charge in [0, 0.05) is 5.92 Å². The minimum Gasteiger partial charge on any atom is -0.0998 e. The zero-order valence-corrected chi connectivity index (χ0v) is 15.9. The number of allylic oxidation sites excluding steroid dienone is 5. The lowest BCUT2D eigenvalue weighted by Gasteiger charge is -2.28. The molecule has 0 radical (unpaired) electrons. The van der Waals surface area contributed by atoms with E-state index in [4.69, 9.17) is 0 Å². The van der Waals surface area contributed by atoms with Crippen LogP contribution in [0.4, 0.5) is 0 Å². The van der Waals surface area contributed by atoms with Crippen molar-refractivity contribution in [3.63, 3.8) is 0 Å². The average Bonchev–Trinajstić information content (AvgIpc) is 2.58. The fourth-order valence-corrected chi connectivity index (χ4v) is 3.95. The lowest BCUT2D eigenvalue weighted by Crippen LogP contribution is -2.10. The average molecular weight is 328 g/mol. The Kier molecular flexibility index (Phi) is 5.08. The van der Waals surface area contributed by atoms with Crippen molar-refractivity contribution < 1.29 is 0 Å². The van der Waals surface area contributed by atoms with Gasteiger partial charge in [0.2, 0.25) is 0 Å². The molecule has 1 unspecified atom stereocenters. The van der Waals surface area contributed by atoms with Gasteiger partial charge < -0.3 is 0 Å². The van der Waals surface area contributed by atoms with E-state index in [1.54, 1.807) is 0 Å². The molecule has 0 N–H and O–H groups in total. The summed E-state index contributed by atoms with van der Waals surface area (Å²) in [6, 6.07) is 17.6. The van der Waals surface area contributed by atoms with Crippen LogP contribution in [0.5, 0.6) is 0 Å². The highest BCUT2D eigenvalue weighted by Gasteiger charge is 2.23. The number of aryl methyl sites for hydroxylation is 1. The lowest BCUT2D eigenvalue weighted by molar-refractivity contribution is 0.782. The van der Waals surface area contributed by atoms with Gasteiger partial charge in [-0.2, -0.15) is 0 Å². The van der Waals surface area contributed by atoms with Crippen LogP contribution in [-0.4, -0.2) is 0 Å². The number of benzene rings is 2. The summed E-state index contributed by atoms with van der Waals surface area (Å²) in [5.41, 5.74) is 11.1. The van der Waals surface area contributed by atoms with Gasteiger partial charge in [0.25, 0.3) is 0 Å². The molecule has 128 valence electrons. The van der Waals surface area contributed by atoms with Gasteiger partial charge in [-0.05, 0) is 73.9 Å². The highest BCUT2D eigenvalue weighted by atomic mass is 14.3. The Morgan fingerprint density at radius 1 is 1.00 bits per heavy atom. The summed E-state index contributed by atoms with van der Waals surface area (Å²) >= 11 is 0. The standard InChI is InChI=1S/C25H28/c1-17(2)16-21-11-7-9-13-25(21)24-15-14-23(19(4)20(24)5)22-12-8-6-10-18(22)3/h6-13,15,23H,1,14,16H2,2-5H3. The van der Waals surface area contributed by atoms with Gasteiger partial charge >= 0.3 is 0 Å². The molecule has 0 aromatic heterocycles. The maximum Gasteiger partial charge on any atom is 0.00887 e. The largest absolute Gasteiger partial charge is 0.0998 e. The second-order valence-corrected chi connectivity index (χ2v) is 7.36. The molecule has 0 amide bonds. The number of hydrogen-bond acceptors (Lipinski definition) is 0. The molecular weight excluding hydrogens is 300 g/mol. The van der Waals surface area contributed by atoms with E-state index in [1.165, 1.54) is 44.5 Å².